The van der Waals surface area contributed by atoms with E-state index in [0.29, 0.717) is 12.1 Å². The molecule has 2 heterocycles. The number of carbonyl (C=O) groups is 3. The molecule has 4 rings (SSSR count). The third-order valence-corrected chi connectivity index (χ3v) is 5.64. The van der Waals surface area contributed by atoms with E-state index < -0.39 is 12.1 Å². The Morgan fingerprint density at radius 1 is 1.13 bits per heavy atom. The molecule has 0 aromatic heterocycles. The number of rotatable bonds is 5. The molecule has 2 aliphatic heterocycles. The van der Waals surface area contributed by atoms with Gasteiger partial charge in [0.05, 0.1) is 6.10 Å². The lowest BCUT2D eigenvalue weighted by molar-refractivity contribution is -0.142. The average molecular weight is 408 g/mol. The van der Waals surface area contributed by atoms with Crippen LogP contribution in [-0.4, -0.2) is 58.9 Å². The molecule has 0 bridgehead atoms. The minimum absolute atomic E-state index is 0.0259. The third kappa shape index (κ3) is 4.21. The van der Waals surface area contributed by atoms with Crippen molar-refractivity contribution in [1.82, 2.24) is 10.2 Å². The molecule has 0 radical (unpaired) electrons. The number of amides is 2. The lowest BCUT2D eigenvalue weighted by Crippen LogP contribution is -2.58. The monoisotopic (exact) mass is 408 g/mol. The number of carbonyl (C=O) groups excluding carboxylic acids is 3. The van der Waals surface area contributed by atoms with Crippen LogP contribution in [-0.2, 0) is 20.7 Å². The van der Waals surface area contributed by atoms with Gasteiger partial charge in [0, 0.05) is 18.5 Å². The highest BCUT2D eigenvalue weighted by molar-refractivity contribution is 5.99. The topological polar surface area (TPSA) is 95.9 Å². The number of hydrogen-bond acceptors (Lipinski definition) is 5. The summed E-state index contributed by atoms with van der Waals surface area (Å²) in [6.45, 7) is 0.487. The Morgan fingerprint density at radius 3 is 2.60 bits per heavy atom. The lowest BCUT2D eigenvalue weighted by Gasteiger charge is -2.37. The van der Waals surface area contributed by atoms with E-state index in [1.165, 1.54) is 0 Å². The number of ketones is 1. The summed E-state index contributed by atoms with van der Waals surface area (Å²) in [6, 6.07) is 13.8. The lowest BCUT2D eigenvalue weighted by atomic mass is 9.95. The van der Waals surface area contributed by atoms with Gasteiger partial charge in [0.15, 0.2) is 5.78 Å². The number of hydrogen-bond donors (Lipinski definition) is 2. The van der Waals surface area contributed by atoms with Gasteiger partial charge in [-0.15, -0.1) is 0 Å². The Labute approximate surface area is 174 Å². The summed E-state index contributed by atoms with van der Waals surface area (Å²) in [4.78, 5) is 40.2. The minimum Gasteiger partial charge on any atom is -0.508 e. The van der Waals surface area contributed by atoms with E-state index in [1.807, 2.05) is 6.07 Å². The van der Waals surface area contributed by atoms with Gasteiger partial charge in [-0.25, -0.2) is 0 Å². The SMILES string of the molecule is O=C(N[C@@H](Cc1ccc(O)cc1)C(=O)N1CCC[C@H]2OCC(=O)[C@H]21)c1ccccc1. The zero-order valence-corrected chi connectivity index (χ0v) is 16.5. The van der Waals surface area contributed by atoms with Crippen LogP contribution in [0.15, 0.2) is 54.6 Å². The molecular formula is C23H24N2O5. The maximum absolute atomic E-state index is 13.5. The van der Waals surface area contributed by atoms with Crippen molar-refractivity contribution in [2.75, 3.05) is 13.2 Å². The summed E-state index contributed by atoms with van der Waals surface area (Å²) < 4.78 is 5.55. The smallest absolute Gasteiger partial charge is 0.251 e. The molecule has 0 aliphatic carbocycles. The zero-order chi connectivity index (χ0) is 21.1. The number of benzene rings is 2. The molecule has 156 valence electrons. The van der Waals surface area contributed by atoms with Crippen molar-refractivity contribution in [3.63, 3.8) is 0 Å². The summed E-state index contributed by atoms with van der Waals surface area (Å²) in [5, 5.41) is 12.4. The maximum Gasteiger partial charge on any atom is 0.251 e. The second kappa shape index (κ2) is 8.67. The Hall–Kier alpha value is -3.19. The van der Waals surface area contributed by atoms with Gasteiger partial charge in [-0.1, -0.05) is 30.3 Å². The fourth-order valence-corrected chi connectivity index (χ4v) is 4.14. The fraction of sp³-hybridized carbons (Fsp3) is 0.348. The molecular weight excluding hydrogens is 384 g/mol. The first-order chi connectivity index (χ1) is 14.5. The van der Waals surface area contributed by atoms with Gasteiger partial charge < -0.3 is 20.1 Å². The molecule has 0 spiro atoms. The Kier molecular flexibility index (Phi) is 5.81. The van der Waals surface area contributed by atoms with E-state index >= 15 is 0 Å². The molecule has 2 aromatic rings. The van der Waals surface area contributed by atoms with Crippen LogP contribution in [0, 0.1) is 0 Å². The van der Waals surface area contributed by atoms with Gasteiger partial charge in [0.1, 0.15) is 24.4 Å². The standard InChI is InChI=1S/C23H24N2O5/c26-17-10-8-15(9-11-17)13-18(24-22(28)16-5-2-1-3-6-16)23(29)25-12-4-7-20-21(25)19(27)14-30-20/h1-3,5-6,8-11,18,20-21,26H,4,7,12-14H2,(H,24,28)/t18-,20+,21+/m0/s1. The number of nitrogens with zero attached hydrogens (tertiary/aromatic N) is 1. The van der Waals surface area contributed by atoms with E-state index in [0.717, 1.165) is 18.4 Å². The van der Waals surface area contributed by atoms with Gasteiger partial charge in [-0.2, -0.15) is 0 Å². The number of nitrogens with one attached hydrogen (secondary N) is 1. The predicted octanol–water partition coefficient (Wildman–Crippen LogP) is 1.69. The summed E-state index contributed by atoms with van der Waals surface area (Å²) in [7, 11) is 0. The molecule has 2 aliphatic rings. The number of phenolic OH excluding ortho intramolecular Hbond substituents is 1. The van der Waals surface area contributed by atoms with Gasteiger partial charge in [-0.05, 0) is 42.7 Å². The first kappa shape index (κ1) is 20.1. The normalized spacial score (nSPS) is 21.7. The maximum atomic E-state index is 13.5. The van der Waals surface area contributed by atoms with Crippen LogP contribution in [0.4, 0.5) is 0 Å². The van der Waals surface area contributed by atoms with E-state index in [1.54, 1.807) is 53.4 Å². The minimum atomic E-state index is -0.839. The first-order valence-corrected chi connectivity index (χ1v) is 10.1. The van der Waals surface area contributed by atoms with Crippen LogP contribution >= 0.6 is 0 Å². The highest BCUT2D eigenvalue weighted by Crippen LogP contribution is 2.27. The highest BCUT2D eigenvalue weighted by atomic mass is 16.5. The van der Waals surface area contributed by atoms with Crippen LogP contribution in [0.25, 0.3) is 0 Å². The van der Waals surface area contributed by atoms with Gasteiger partial charge in [0.2, 0.25) is 5.91 Å². The summed E-state index contributed by atoms with van der Waals surface area (Å²) in [5.41, 5.74) is 1.25. The molecule has 2 aromatic carbocycles. The second-order valence-corrected chi connectivity index (χ2v) is 7.70. The van der Waals surface area contributed by atoms with Gasteiger partial charge >= 0.3 is 0 Å². The van der Waals surface area contributed by atoms with Gasteiger partial charge in [0.25, 0.3) is 5.91 Å². The molecule has 30 heavy (non-hydrogen) atoms. The van der Waals surface area contributed by atoms with E-state index in [-0.39, 0.29) is 42.5 Å². The van der Waals surface area contributed by atoms with Crippen molar-refractivity contribution in [2.24, 2.45) is 0 Å². The van der Waals surface area contributed by atoms with Crippen molar-refractivity contribution in [2.45, 2.75) is 37.5 Å². The van der Waals surface area contributed by atoms with Crippen molar-refractivity contribution >= 4 is 17.6 Å². The van der Waals surface area contributed by atoms with E-state index in [2.05, 4.69) is 5.32 Å². The third-order valence-electron chi connectivity index (χ3n) is 5.64. The van der Waals surface area contributed by atoms with Crippen molar-refractivity contribution in [3.05, 3.63) is 65.7 Å². The van der Waals surface area contributed by atoms with Gasteiger partial charge in [-0.3, -0.25) is 14.4 Å². The Balaban J connectivity index is 1.58. The summed E-state index contributed by atoms with van der Waals surface area (Å²) in [6.07, 6.45) is 1.48. The quantitative estimate of drug-likeness (QED) is 0.785. The number of piperidine rings is 1. The van der Waals surface area contributed by atoms with Crippen molar-refractivity contribution < 1.29 is 24.2 Å². The summed E-state index contributed by atoms with van der Waals surface area (Å²) in [5.74, 6) is -0.607. The molecule has 2 N–H and O–H groups in total. The predicted molar refractivity (Wildman–Crippen MR) is 109 cm³/mol. The Bertz CT molecular complexity index is 928. The highest BCUT2D eigenvalue weighted by Gasteiger charge is 2.45. The number of aromatic hydroxyl groups is 1. The molecule has 7 heteroatoms. The van der Waals surface area contributed by atoms with Crippen molar-refractivity contribution in [1.29, 1.82) is 0 Å². The van der Waals surface area contributed by atoms with E-state index in [4.69, 9.17) is 4.74 Å². The van der Waals surface area contributed by atoms with Crippen LogP contribution in [0.1, 0.15) is 28.8 Å². The average Bonchev–Trinajstić information content (AvgIpc) is 3.16. The first-order valence-electron chi connectivity index (χ1n) is 10.1. The number of Topliss-reactive ketones (excluding diaryl/α,β-unsaturated/α-hetero) is 1. The van der Waals surface area contributed by atoms with Crippen molar-refractivity contribution in [3.8, 4) is 5.75 Å². The number of fused-ring (bicyclic) bond motifs is 1. The number of phenols is 1. The molecule has 3 atom stereocenters. The van der Waals surface area contributed by atoms with Crippen LogP contribution in [0.3, 0.4) is 0 Å². The largest absolute Gasteiger partial charge is 0.508 e. The Morgan fingerprint density at radius 2 is 1.87 bits per heavy atom. The molecule has 0 unspecified atom stereocenters. The van der Waals surface area contributed by atoms with E-state index in [9.17, 15) is 19.5 Å². The zero-order valence-electron chi connectivity index (χ0n) is 16.5. The molecule has 7 nitrogen and oxygen atoms in total. The summed E-state index contributed by atoms with van der Waals surface area (Å²) >= 11 is 0. The molecule has 0 saturated carbocycles. The number of likely N-dealkylation sites (tertiary alicyclic amines) is 1. The fourth-order valence-electron chi connectivity index (χ4n) is 4.14. The molecule has 2 fully saturated rings. The van der Waals surface area contributed by atoms with Crippen LogP contribution in [0.5, 0.6) is 5.75 Å². The molecule has 2 amide bonds. The molecule has 2 saturated heterocycles. The number of ether oxygens (including phenoxy) is 1. The van der Waals surface area contributed by atoms with Crippen LogP contribution < -0.4 is 5.32 Å². The van der Waals surface area contributed by atoms with Crippen LogP contribution in [0.2, 0.25) is 0 Å². The second-order valence-electron chi connectivity index (χ2n) is 7.70.